The van der Waals surface area contributed by atoms with Gasteiger partial charge in [0.2, 0.25) is 0 Å². The number of nitrogens with two attached hydrogens (primary N) is 2. The number of hydrogen-bond acceptors (Lipinski definition) is 3. The fourth-order valence-corrected chi connectivity index (χ4v) is 1.49. The van der Waals surface area contributed by atoms with Gasteiger partial charge in [-0.3, -0.25) is 0 Å². The molecule has 0 aliphatic carbocycles. The van der Waals surface area contributed by atoms with Crippen LogP contribution in [-0.4, -0.2) is 4.98 Å². The number of nitrogen functional groups attached to an aromatic ring is 2. The Balaban J connectivity index is 3.00. The summed E-state index contributed by atoms with van der Waals surface area (Å²) in [6.45, 7) is 1.99. The second-order valence-corrected chi connectivity index (χ2v) is 3.10. The number of pyridine rings is 1. The third kappa shape index (κ3) is 1.09. The number of hydrogen-bond donors (Lipinski definition) is 2. The Hall–Kier alpha value is -1.77. The molecule has 0 aliphatic rings. The van der Waals surface area contributed by atoms with E-state index in [1.54, 1.807) is 6.20 Å². The molecule has 0 radical (unpaired) electrons. The monoisotopic (exact) mass is 173 g/mol. The van der Waals surface area contributed by atoms with Gasteiger partial charge in [-0.25, -0.2) is 4.98 Å². The van der Waals surface area contributed by atoms with Crippen LogP contribution in [-0.2, 0) is 0 Å². The van der Waals surface area contributed by atoms with Crippen molar-refractivity contribution < 1.29 is 0 Å². The minimum absolute atomic E-state index is 0.499. The Labute approximate surface area is 76.4 Å². The zero-order valence-corrected chi connectivity index (χ0v) is 7.41. The third-order valence-corrected chi connectivity index (χ3v) is 2.17. The highest BCUT2D eigenvalue weighted by molar-refractivity contribution is 6.01. The smallest absolute Gasteiger partial charge is 0.133 e. The van der Waals surface area contributed by atoms with Gasteiger partial charge >= 0.3 is 0 Å². The number of rotatable bonds is 0. The molecule has 0 bridgehead atoms. The lowest BCUT2D eigenvalue weighted by molar-refractivity contribution is 1.31. The summed E-state index contributed by atoms with van der Waals surface area (Å²) < 4.78 is 0. The molecule has 3 heteroatoms. The van der Waals surface area contributed by atoms with Gasteiger partial charge in [-0.2, -0.15) is 0 Å². The van der Waals surface area contributed by atoms with Gasteiger partial charge in [0.05, 0.1) is 0 Å². The Morgan fingerprint density at radius 1 is 1.23 bits per heavy atom. The zero-order valence-electron chi connectivity index (χ0n) is 7.41. The van der Waals surface area contributed by atoms with E-state index in [-0.39, 0.29) is 0 Å². The van der Waals surface area contributed by atoms with E-state index in [2.05, 4.69) is 4.98 Å². The summed E-state index contributed by atoms with van der Waals surface area (Å²) in [6, 6.07) is 5.75. The van der Waals surface area contributed by atoms with Crippen LogP contribution in [0.25, 0.3) is 10.8 Å². The second kappa shape index (κ2) is 2.62. The van der Waals surface area contributed by atoms with Crippen LogP contribution in [0.15, 0.2) is 24.4 Å². The molecule has 0 aliphatic heterocycles. The number of nitrogens with zero attached hydrogens (tertiary/aromatic N) is 1. The molecule has 1 aromatic heterocycles. The summed E-state index contributed by atoms with van der Waals surface area (Å²) in [7, 11) is 0. The van der Waals surface area contributed by atoms with Crippen molar-refractivity contribution >= 4 is 22.3 Å². The summed E-state index contributed by atoms with van der Waals surface area (Å²) >= 11 is 0. The molecule has 0 atom stereocenters. The average molecular weight is 173 g/mol. The molecule has 0 unspecified atom stereocenters. The maximum absolute atomic E-state index is 5.81. The van der Waals surface area contributed by atoms with Gasteiger partial charge in [-0.15, -0.1) is 0 Å². The lowest BCUT2D eigenvalue weighted by Gasteiger charge is -2.06. The maximum Gasteiger partial charge on any atom is 0.133 e. The summed E-state index contributed by atoms with van der Waals surface area (Å²) in [5.41, 5.74) is 13.3. The lowest BCUT2D eigenvalue weighted by Crippen LogP contribution is -1.96. The van der Waals surface area contributed by atoms with E-state index in [1.165, 1.54) is 0 Å². The summed E-state index contributed by atoms with van der Waals surface area (Å²) in [4.78, 5) is 4.07. The number of benzene rings is 1. The van der Waals surface area contributed by atoms with E-state index in [9.17, 15) is 0 Å². The van der Waals surface area contributed by atoms with Crippen molar-refractivity contribution in [2.75, 3.05) is 11.5 Å². The topological polar surface area (TPSA) is 64.9 Å². The van der Waals surface area contributed by atoms with Crippen LogP contribution in [0.2, 0.25) is 0 Å². The predicted molar refractivity (Wildman–Crippen MR) is 55.3 cm³/mol. The van der Waals surface area contributed by atoms with Crippen LogP contribution in [0.3, 0.4) is 0 Å². The first-order valence-electron chi connectivity index (χ1n) is 4.09. The van der Waals surface area contributed by atoms with E-state index in [0.29, 0.717) is 11.5 Å². The minimum atomic E-state index is 0.499. The molecule has 0 fully saturated rings. The first kappa shape index (κ1) is 7.86. The van der Waals surface area contributed by atoms with Gasteiger partial charge in [-0.1, -0.05) is 12.1 Å². The molecule has 1 aromatic carbocycles. The van der Waals surface area contributed by atoms with E-state index in [4.69, 9.17) is 11.5 Å². The molecular weight excluding hydrogens is 162 g/mol. The van der Waals surface area contributed by atoms with E-state index in [1.807, 2.05) is 25.1 Å². The zero-order chi connectivity index (χ0) is 9.42. The molecule has 13 heavy (non-hydrogen) atoms. The Bertz CT molecular complexity index is 455. The van der Waals surface area contributed by atoms with Gasteiger partial charge in [0.1, 0.15) is 5.82 Å². The minimum Gasteiger partial charge on any atom is -0.398 e. The SMILES string of the molecule is Cc1cnc(N)c2c(N)cccc12. The van der Waals surface area contributed by atoms with Crippen LogP contribution in [0.4, 0.5) is 11.5 Å². The standard InChI is InChI=1S/C10H11N3/c1-6-5-13-10(12)9-7(6)3-2-4-8(9)11/h2-5H,11H2,1H3,(H2,12,13). The molecule has 0 amide bonds. The second-order valence-electron chi connectivity index (χ2n) is 3.10. The van der Waals surface area contributed by atoms with Gasteiger partial charge in [0.25, 0.3) is 0 Å². The highest BCUT2D eigenvalue weighted by Crippen LogP contribution is 2.27. The maximum atomic E-state index is 5.81. The van der Waals surface area contributed by atoms with Crippen molar-refractivity contribution in [3.63, 3.8) is 0 Å². The van der Waals surface area contributed by atoms with Crippen molar-refractivity contribution in [2.24, 2.45) is 0 Å². The fraction of sp³-hybridized carbons (Fsp3) is 0.100. The van der Waals surface area contributed by atoms with Gasteiger partial charge in [-0.05, 0) is 23.9 Å². The fourth-order valence-electron chi connectivity index (χ4n) is 1.49. The lowest BCUT2D eigenvalue weighted by atomic mass is 10.1. The quantitative estimate of drug-likeness (QED) is 0.596. The summed E-state index contributed by atoms with van der Waals surface area (Å²) in [6.07, 6.45) is 1.76. The number of fused-ring (bicyclic) bond motifs is 1. The Morgan fingerprint density at radius 3 is 2.69 bits per heavy atom. The average Bonchev–Trinajstić information content (AvgIpc) is 2.12. The first-order valence-corrected chi connectivity index (χ1v) is 4.09. The van der Waals surface area contributed by atoms with Gasteiger partial charge in [0.15, 0.2) is 0 Å². The summed E-state index contributed by atoms with van der Waals surface area (Å²) in [5, 5.41) is 1.94. The molecule has 0 saturated heterocycles. The molecule has 4 N–H and O–H groups in total. The normalized spacial score (nSPS) is 10.5. The number of aryl methyl sites for hydroxylation is 1. The van der Waals surface area contributed by atoms with Crippen LogP contribution in [0, 0.1) is 6.92 Å². The molecular formula is C10H11N3. The molecule has 2 aromatic rings. The Morgan fingerprint density at radius 2 is 2.00 bits per heavy atom. The molecule has 1 heterocycles. The van der Waals surface area contributed by atoms with Crippen LogP contribution in [0.5, 0.6) is 0 Å². The van der Waals surface area contributed by atoms with Crippen molar-refractivity contribution in [1.29, 1.82) is 0 Å². The molecule has 0 saturated carbocycles. The van der Waals surface area contributed by atoms with E-state index < -0.39 is 0 Å². The van der Waals surface area contributed by atoms with Crippen molar-refractivity contribution in [3.05, 3.63) is 30.0 Å². The van der Waals surface area contributed by atoms with Crippen LogP contribution in [0.1, 0.15) is 5.56 Å². The molecule has 3 nitrogen and oxygen atoms in total. The third-order valence-electron chi connectivity index (χ3n) is 2.17. The van der Waals surface area contributed by atoms with Gasteiger partial charge in [0, 0.05) is 17.3 Å². The highest BCUT2D eigenvalue weighted by atomic mass is 14.8. The van der Waals surface area contributed by atoms with Crippen LogP contribution >= 0.6 is 0 Å². The summed E-state index contributed by atoms with van der Waals surface area (Å²) in [5.74, 6) is 0.499. The van der Waals surface area contributed by atoms with Gasteiger partial charge < -0.3 is 11.5 Å². The first-order chi connectivity index (χ1) is 6.20. The molecule has 0 spiro atoms. The largest absolute Gasteiger partial charge is 0.398 e. The highest BCUT2D eigenvalue weighted by Gasteiger charge is 2.04. The van der Waals surface area contributed by atoms with Crippen molar-refractivity contribution in [2.45, 2.75) is 6.92 Å². The van der Waals surface area contributed by atoms with E-state index in [0.717, 1.165) is 16.3 Å². The van der Waals surface area contributed by atoms with Crippen molar-refractivity contribution in [1.82, 2.24) is 4.98 Å². The van der Waals surface area contributed by atoms with Crippen LogP contribution < -0.4 is 11.5 Å². The Kier molecular flexibility index (Phi) is 1.59. The predicted octanol–water partition coefficient (Wildman–Crippen LogP) is 1.71. The molecule has 66 valence electrons. The van der Waals surface area contributed by atoms with E-state index >= 15 is 0 Å². The van der Waals surface area contributed by atoms with Crippen molar-refractivity contribution in [3.8, 4) is 0 Å². The number of aromatic nitrogens is 1. The molecule has 2 rings (SSSR count). The number of anilines is 2.